The lowest BCUT2D eigenvalue weighted by molar-refractivity contribution is -0.142. The van der Waals surface area contributed by atoms with Gasteiger partial charge in [-0.3, -0.25) is 9.59 Å². The lowest BCUT2D eigenvalue weighted by atomic mass is 10.0. The van der Waals surface area contributed by atoms with Crippen molar-refractivity contribution < 1.29 is 14.7 Å². The van der Waals surface area contributed by atoms with Gasteiger partial charge in [-0.05, 0) is 13.8 Å². The monoisotopic (exact) mass is 254 g/mol. The summed E-state index contributed by atoms with van der Waals surface area (Å²) in [6.07, 6.45) is 0.0759. The minimum Gasteiger partial charge on any atom is -0.481 e. The van der Waals surface area contributed by atoms with Gasteiger partial charge in [-0.2, -0.15) is 0 Å². The average molecular weight is 254 g/mol. The first-order valence-corrected chi connectivity index (χ1v) is 6.36. The predicted octanol–water partition coefficient (Wildman–Crippen LogP) is 1.45. The van der Waals surface area contributed by atoms with Crippen molar-refractivity contribution in [1.82, 2.24) is 9.88 Å². The van der Waals surface area contributed by atoms with Gasteiger partial charge in [-0.1, -0.05) is 0 Å². The number of amides is 1. The zero-order valence-electron chi connectivity index (χ0n) is 9.71. The van der Waals surface area contributed by atoms with Gasteiger partial charge >= 0.3 is 5.97 Å². The Hall–Kier alpha value is -1.43. The number of aryl methyl sites for hydroxylation is 1. The van der Waals surface area contributed by atoms with Gasteiger partial charge in [0.2, 0.25) is 5.91 Å². The highest BCUT2D eigenvalue weighted by molar-refractivity contribution is 7.09. The van der Waals surface area contributed by atoms with E-state index >= 15 is 0 Å². The van der Waals surface area contributed by atoms with Gasteiger partial charge in [-0.25, -0.2) is 4.98 Å². The van der Waals surface area contributed by atoms with Gasteiger partial charge in [0.25, 0.3) is 0 Å². The van der Waals surface area contributed by atoms with Crippen LogP contribution in [0.1, 0.15) is 30.1 Å². The molecule has 0 radical (unpaired) electrons. The van der Waals surface area contributed by atoms with E-state index in [0.717, 1.165) is 10.7 Å². The molecule has 1 N–H and O–H groups in total. The van der Waals surface area contributed by atoms with Gasteiger partial charge in [0.05, 0.1) is 12.0 Å². The van der Waals surface area contributed by atoms with Gasteiger partial charge in [-0.15, -0.1) is 11.3 Å². The second-order valence-electron chi connectivity index (χ2n) is 4.10. The van der Waals surface area contributed by atoms with Crippen LogP contribution in [0.4, 0.5) is 0 Å². The van der Waals surface area contributed by atoms with Crippen molar-refractivity contribution >= 4 is 23.2 Å². The topological polar surface area (TPSA) is 70.5 Å². The van der Waals surface area contributed by atoms with E-state index in [-0.39, 0.29) is 12.3 Å². The molecule has 0 aromatic carbocycles. The Morgan fingerprint density at radius 2 is 2.41 bits per heavy atom. The van der Waals surface area contributed by atoms with E-state index in [1.165, 1.54) is 11.3 Å². The van der Waals surface area contributed by atoms with E-state index in [9.17, 15) is 14.7 Å². The number of aromatic nitrogens is 1. The molecule has 0 aliphatic carbocycles. The maximum absolute atomic E-state index is 11.8. The van der Waals surface area contributed by atoms with Crippen LogP contribution in [0.15, 0.2) is 5.38 Å². The van der Waals surface area contributed by atoms with Crippen molar-refractivity contribution in [2.45, 2.75) is 26.3 Å². The fraction of sp³-hybridized carbons (Fsp3) is 0.545. The number of rotatable bonds is 3. The van der Waals surface area contributed by atoms with Crippen molar-refractivity contribution in [3.05, 3.63) is 16.1 Å². The van der Waals surface area contributed by atoms with Crippen LogP contribution >= 0.6 is 11.3 Å². The van der Waals surface area contributed by atoms with Crippen LogP contribution in [0.5, 0.6) is 0 Å². The molecule has 92 valence electrons. The molecule has 5 nitrogen and oxygen atoms in total. The number of carboxylic acid groups (broad SMARTS) is 1. The smallest absolute Gasteiger partial charge is 0.309 e. The molecule has 0 bridgehead atoms. The Morgan fingerprint density at radius 3 is 2.88 bits per heavy atom. The van der Waals surface area contributed by atoms with Gasteiger partial charge in [0.1, 0.15) is 5.01 Å². The summed E-state index contributed by atoms with van der Waals surface area (Å²) in [6.45, 7) is 4.24. The molecule has 0 spiro atoms. The van der Waals surface area contributed by atoms with E-state index in [4.69, 9.17) is 0 Å². The quantitative estimate of drug-likeness (QED) is 0.886. The van der Waals surface area contributed by atoms with Crippen LogP contribution in [0.25, 0.3) is 0 Å². The van der Waals surface area contributed by atoms with E-state index in [1.807, 2.05) is 19.2 Å². The molecular weight excluding hydrogens is 240 g/mol. The van der Waals surface area contributed by atoms with Gasteiger partial charge < -0.3 is 10.0 Å². The Morgan fingerprint density at radius 1 is 1.71 bits per heavy atom. The Bertz CT molecular complexity index is 457. The second kappa shape index (κ2) is 4.44. The number of aliphatic carboxylic acids is 1. The number of likely N-dealkylation sites (tertiary alicyclic amines) is 1. The fourth-order valence-corrected chi connectivity index (χ4v) is 3.17. The van der Waals surface area contributed by atoms with Crippen molar-refractivity contribution in [2.24, 2.45) is 5.92 Å². The van der Waals surface area contributed by atoms with Gasteiger partial charge in [0.15, 0.2) is 0 Å². The minimum absolute atomic E-state index is 0.0759. The average Bonchev–Trinajstić information content (AvgIpc) is 2.81. The van der Waals surface area contributed by atoms with Crippen LogP contribution in [0.3, 0.4) is 0 Å². The highest BCUT2D eigenvalue weighted by Gasteiger charge is 2.45. The molecule has 2 atom stereocenters. The summed E-state index contributed by atoms with van der Waals surface area (Å²) in [4.78, 5) is 28.9. The number of carbonyl (C=O) groups is 2. The van der Waals surface area contributed by atoms with Crippen molar-refractivity contribution in [3.63, 3.8) is 0 Å². The van der Waals surface area contributed by atoms with Crippen molar-refractivity contribution in [3.8, 4) is 0 Å². The zero-order valence-corrected chi connectivity index (χ0v) is 10.5. The first-order chi connectivity index (χ1) is 8.04. The summed E-state index contributed by atoms with van der Waals surface area (Å²) < 4.78 is 0. The molecule has 1 saturated heterocycles. The molecule has 2 unspecified atom stereocenters. The second-order valence-corrected chi connectivity index (χ2v) is 4.99. The SMILES string of the molecule is CCN1C(=O)CC(C(=O)O)C1c1nc(C)cs1. The third-order valence-corrected chi connectivity index (χ3v) is 4.01. The maximum Gasteiger partial charge on any atom is 0.309 e. The predicted molar refractivity (Wildman–Crippen MR) is 62.7 cm³/mol. The fourth-order valence-electron chi connectivity index (χ4n) is 2.20. The van der Waals surface area contributed by atoms with Crippen LogP contribution in [-0.4, -0.2) is 33.4 Å². The molecule has 1 aliphatic heterocycles. The number of nitrogens with zero attached hydrogens (tertiary/aromatic N) is 2. The zero-order chi connectivity index (χ0) is 12.6. The van der Waals surface area contributed by atoms with E-state index in [2.05, 4.69) is 4.98 Å². The molecule has 2 rings (SSSR count). The lowest BCUT2D eigenvalue weighted by Crippen LogP contribution is -2.30. The molecule has 0 saturated carbocycles. The van der Waals surface area contributed by atoms with Gasteiger partial charge in [0, 0.05) is 24.0 Å². The molecule has 6 heteroatoms. The summed E-state index contributed by atoms with van der Waals surface area (Å²) in [5.74, 6) is -1.70. The van der Waals surface area contributed by atoms with Crippen LogP contribution in [0.2, 0.25) is 0 Å². The number of hydrogen-bond acceptors (Lipinski definition) is 4. The third kappa shape index (κ3) is 2.04. The number of hydrogen-bond donors (Lipinski definition) is 1. The maximum atomic E-state index is 11.8. The summed E-state index contributed by atoms with van der Waals surface area (Å²) in [6, 6.07) is -0.399. The molecule has 1 fully saturated rings. The van der Waals surface area contributed by atoms with E-state index in [1.54, 1.807) is 4.90 Å². The van der Waals surface area contributed by atoms with E-state index < -0.39 is 17.9 Å². The molecule has 1 aromatic heterocycles. The Labute approximate surface area is 103 Å². The van der Waals surface area contributed by atoms with Crippen LogP contribution in [-0.2, 0) is 9.59 Å². The van der Waals surface area contributed by atoms with E-state index in [0.29, 0.717) is 6.54 Å². The molecule has 2 heterocycles. The molecule has 1 aliphatic rings. The third-order valence-electron chi connectivity index (χ3n) is 2.98. The molecule has 17 heavy (non-hydrogen) atoms. The van der Waals surface area contributed by atoms with Crippen molar-refractivity contribution in [1.29, 1.82) is 0 Å². The number of thiazole rings is 1. The molecule has 1 aromatic rings. The highest BCUT2D eigenvalue weighted by atomic mass is 32.1. The van der Waals surface area contributed by atoms with Crippen molar-refractivity contribution in [2.75, 3.05) is 6.54 Å². The lowest BCUT2D eigenvalue weighted by Gasteiger charge is -2.23. The number of carbonyl (C=O) groups excluding carboxylic acids is 1. The Balaban J connectivity index is 2.38. The van der Waals surface area contributed by atoms with Crippen LogP contribution < -0.4 is 0 Å². The largest absolute Gasteiger partial charge is 0.481 e. The Kier molecular flexibility index (Phi) is 3.15. The number of carboxylic acids is 1. The first-order valence-electron chi connectivity index (χ1n) is 5.49. The summed E-state index contributed by atoms with van der Waals surface area (Å²) >= 11 is 1.42. The summed E-state index contributed by atoms with van der Waals surface area (Å²) in [5, 5.41) is 11.8. The minimum atomic E-state index is -0.924. The highest BCUT2D eigenvalue weighted by Crippen LogP contribution is 2.39. The summed E-state index contributed by atoms with van der Waals surface area (Å²) in [7, 11) is 0. The first kappa shape index (κ1) is 12.0. The standard InChI is InChI=1S/C11H14N2O3S/c1-3-13-8(14)4-7(11(15)16)9(13)10-12-6(2)5-17-10/h5,7,9H,3-4H2,1-2H3,(H,15,16). The normalized spacial score (nSPS) is 24.4. The summed E-state index contributed by atoms with van der Waals surface area (Å²) in [5.41, 5.74) is 0.865. The molecular formula is C11H14N2O3S. The van der Waals surface area contributed by atoms with Crippen LogP contribution in [0, 0.1) is 12.8 Å². The molecule has 1 amide bonds.